The van der Waals surface area contributed by atoms with E-state index in [1.807, 2.05) is 6.92 Å². The number of amides is 1. The van der Waals surface area contributed by atoms with Crippen molar-refractivity contribution in [3.63, 3.8) is 0 Å². The first-order valence-corrected chi connectivity index (χ1v) is 11.7. The van der Waals surface area contributed by atoms with Crippen LogP contribution in [0.3, 0.4) is 0 Å². The summed E-state index contributed by atoms with van der Waals surface area (Å²) in [6.45, 7) is 8.87. The number of nitrogens with one attached hydrogen (secondary N) is 1. The second kappa shape index (κ2) is 9.95. The van der Waals surface area contributed by atoms with Gasteiger partial charge in [0.05, 0.1) is 11.9 Å². The molecule has 1 aromatic heterocycles. The van der Waals surface area contributed by atoms with Crippen molar-refractivity contribution >= 4 is 17.7 Å². The van der Waals surface area contributed by atoms with Crippen molar-refractivity contribution in [3.05, 3.63) is 41.1 Å². The average molecular weight is 456 g/mol. The second-order valence-corrected chi connectivity index (χ2v) is 10.4. The van der Waals surface area contributed by atoms with Gasteiger partial charge in [-0.2, -0.15) is 5.10 Å². The van der Waals surface area contributed by atoms with E-state index >= 15 is 0 Å². The number of carbonyl (C=O) groups excluding carboxylic acids is 1. The van der Waals surface area contributed by atoms with Crippen LogP contribution in [0.25, 0.3) is 5.69 Å². The summed E-state index contributed by atoms with van der Waals surface area (Å²) < 4.78 is 1.34. The summed E-state index contributed by atoms with van der Waals surface area (Å²) >= 11 is 0. The van der Waals surface area contributed by atoms with Crippen molar-refractivity contribution in [2.24, 2.45) is 17.1 Å². The molecule has 2 fully saturated rings. The van der Waals surface area contributed by atoms with E-state index in [1.54, 1.807) is 18.2 Å². The van der Waals surface area contributed by atoms with Gasteiger partial charge in [0.2, 0.25) is 0 Å². The van der Waals surface area contributed by atoms with E-state index in [0.717, 1.165) is 24.3 Å². The Morgan fingerprint density at radius 2 is 1.76 bits per heavy atom. The van der Waals surface area contributed by atoms with Crippen LogP contribution >= 0.6 is 0 Å². The number of carboxylic acid groups (broad SMARTS) is 1. The van der Waals surface area contributed by atoms with Crippen LogP contribution in [0, 0.1) is 18.3 Å². The molecule has 0 radical (unpaired) electrons. The van der Waals surface area contributed by atoms with Gasteiger partial charge in [-0.05, 0) is 74.5 Å². The minimum atomic E-state index is -1.14. The van der Waals surface area contributed by atoms with Crippen LogP contribution in [-0.4, -0.2) is 38.8 Å². The van der Waals surface area contributed by atoms with E-state index in [9.17, 15) is 9.59 Å². The van der Waals surface area contributed by atoms with Gasteiger partial charge in [-0.25, -0.2) is 9.48 Å². The standard InChI is InChI=1S/C15H16N4O3.C10H21N/c1-8-2-3-9(14(20)18-10-4-5-10)6-12(8)19-13(16)11(7-17-19)15(21)22;1-10(2,3)8-4-6-9(11)7-5-8/h2-3,6-7,10H,4-5,16H2,1H3,(H,18,20)(H,21,22);8-9H,4-7,11H2,1-3H3. The molecule has 1 aromatic carbocycles. The average Bonchev–Trinajstić information content (AvgIpc) is 3.47. The number of carboxylic acids is 1. The molecule has 8 nitrogen and oxygen atoms in total. The summed E-state index contributed by atoms with van der Waals surface area (Å²) in [5.41, 5.74) is 14.1. The van der Waals surface area contributed by atoms with Crippen LogP contribution in [0.5, 0.6) is 0 Å². The van der Waals surface area contributed by atoms with Crippen molar-refractivity contribution < 1.29 is 14.7 Å². The van der Waals surface area contributed by atoms with E-state index in [-0.39, 0.29) is 23.3 Å². The Morgan fingerprint density at radius 1 is 1.12 bits per heavy atom. The topological polar surface area (TPSA) is 136 Å². The van der Waals surface area contributed by atoms with Crippen LogP contribution in [0.4, 0.5) is 5.82 Å². The molecule has 33 heavy (non-hydrogen) atoms. The van der Waals surface area contributed by atoms with Gasteiger partial charge in [0.25, 0.3) is 5.91 Å². The predicted molar refractivity (Wildman–Crippen MR) is 130 cm³/mol. The summed E-state index contributed by atoms with van der Waals surface area (Å²) in [4.78, 5) is 23.2. The van der Waals surface area contributed by atoms with Gasteiger partial charge in [-0.3, -0.25) is 4.79 Å². The van der Waals surface area contributed by atoms with E-state index < -0.39 is 5.97 Å². The van der Waals surface area contributed by atoms with Crippen LogP contribution in [-0.2, 0) is 0 Å². The van der Waals surface area contributed by atoms with Gasteiger partial charge in [0.1, 0.15) is 11.4 Å². The molecule has 4 rings (SSSR count). The minimum Gasteiger partial charge on any atom is -0.477 e. The summed E-state index contributed by atoms with van der Waals surface area (Å²) in [6.07, 6.45) is 8.38. The zero-order chi connectivity index (χ0) is 24.3. The number of anilines is 1. The monoisotopic (exact) mass is 455 g/mol. The molecule has 0 unspecified atom stereocenters. The third kappa shape index (κ3) is 6.35. The molecule has 2 saturated carbocycles. The van der Waals surface area contributed by atoms with Gasteiger partial charge in [0.15, 0.2) is 0 Å². The molecule has 2 aliphatic carbocycles. The van der Waals surface area contributed by atoms with Gasteiger partial charge in [-0.1, -0.05) is 26.8 Å². The molecule has 0 saturated heterocycles. The molecular formula is C25H37N5O3. The first kappa shape index (κ1) is 24.8. The van der Waals surface area contributed by atoms with Crippen LogP contribution in [0.15, 0.2) is 24.4 Å². The highest BCUT2D eigenvalue weighted by atomic mass is 16.4. The van der Waals surface area contributed by atoms with E-state index in [4.69, 9.17) is 16.6 Å². The Bertz CT molecular complexity index is 996. The Morgan fingerprint density at radius 3 is 2.27 bits per heavy atom. The highest BCUT2D eigenvalue weighted by Gasteiger charge is 2.28. The highest BCUT2D eigenvalue weighted by Crippen LogP contribution is 2.37. The Labute approximate surface area is 195 Å². The molecule has 1 heterocycles. The molecule has 0 bridgehead atoms. The fraction of sp³-hybridized carbons (Fsp3) is 0.560. The first-order valence-electron chi connectivity index (χ1n) is 11.7. The summed E-state index contributed by atoms with van der Waals surface area (Å²) in [5, 5.41) is 16.0. The maximum absolute atomic E-state index is 12.1. The Hall–Kier alpha value is -2.87. The number of aromatic nitrogens is 2. The zero-order valence-corrected chi connectivity index (χ0v) is 20.1. The predicted octanol–water partition coefficient (Wildman–Crippen LogP) is 3.90. The maximum Gasteiger partial charge on any atom is 0.341 e. The summed E-state index contributed by atoms with van der Waals surface area (Å²) in [7, 11) is 0. The molecule has 1 amide bonds. The third-order valence-electron chi connectivity index (χ3n) is 6.65. The number of carbonyl (C=O) groups is 2. The number of benzene rings is 1. The van der Waals surface area contributed by atoms with Crippen LogP contribution in [0.2, 0.25) is 0 Å². The lowest BCUT2D eigenvalue weighted by molar-refractivity contribution is 0.0697. The van der Waals surface area contributed by atoms with Crippen molar-refractivity contribution in [1.29, 1.82) is 0 Å². The lowest BCUT2D eigenvalue weighted by Crippen LogP contribution is -2.31. The smallest absolute Gasteiger partial charge is 0.341 e. The van der Waals surface area contributed by atoms with Gasteiger partial charge in [0, 0.05) is 17.6 Å². The normalized spacial score (nSPS) is 20.5. The Balaban J connectivity index is 0.000000235. The minimum absolute atomic E-state index is 0.0374. The fourth-order valence-electron chi connectivity index (χ4n) is 4.18. The lowest BCUT2D eigenvalue weighted by Gasteiger charge is -2.35. The first-order chi connectivity index (χ1) is 15.5. The van der Waals surface area contributed by atoms with E-state index in [1.165, 1.54) is 36.6 Å². The molecule has 6 N–H and O–H groups in total. The summed E-state index contributed by atoms with van der Waals surface area (Å²) in [5.74, 6) is -0.338. The van der Waals surface area contributed by atoms with Gasteiger partial charge in [-0.15, -0.1) is 0 Å². The second-order valence-electron chi connectivity index (χ2n) is 10.4. The number of aryl methyl sites for hydroxylation is 1. The van der Waals surface area contributed by atoms with Crippen LogP contribution < -0.4 is 16.8 Å². The van der Waals surface area contributed by atoms with Crippen molar-refractivity contribution in [1.82, 2.24) is 15.1 Å². The molecule has 8 heteroatoms. The number of nitrogen functional groups attached to an aromatic ring is 1. The number of hydrogen-bond acceptors (Lipinski definition) is 5. The zero-order valence-electron chi connectivity index (χ0n) is 20.1. The molecule has 2 aromatic rings. The fourth-order valence-corrected chi connectivity index (χ4v) is 4.18. The van der Waals surface area contributed by atoms with Crippen LogP contribution in [0.1, 0.15) is 85.6 Å². The molecule has 2 aliphatic rings. The lowest BCUT2D eigenvalue weighted by atomic mass is 9.71. The molecule has 180 valence electrons. The van der Waals surface area contributed by atoms with E-state index in [0.29, 0.717) is 22.7 Å². The number of hydrogen-bond donors (Lipinski definition) is 4. The van der Waals surface area contributed by atoms with Gasteiger partial charge >= 0.3 is 5.97 Å². The van der Waals surface area contributed by atoms with E-state index in [2.05, 4.69) is 31.2 Å². The molecule has 0 spiro atoms. The molecular weight excluding hydrogens is 418 g/mol. The number of nitrogens with zero attached hydrogens (tertiary/aromatic N) is 2. The number of nitrogens with two attached hydrogens (primary N) is 2. The number of rotatable bonds is 4. The largest absolute Gasteiger partial charge is 0.477 e. The highest BCUT2D eigenvalue weighted by molar-refractivity contribution is 5.95. The third-order valence-corrected chi connectivity index (χ3v) is 6.65. The van der Waals surface area contributed by atoms with Crippen molar-refractivity contribution in [2.45, 2.75) is 78.3 Å². The van der Waals surface area contributed by atoms with Crippen molar-refractivity contribution in [3.8, 4) is 5.69 Å². The van der Waals surface area contributed by atoms with Gasteiger partial charge < -0.3 is 21.9 Å². The molecule has 0 atom stereocenters. The SMILES string of the molecule is CC(C)(C)C1CCC(N)CC1.Cc1ccc(C(=O)NC2CC2)cc1-n1ncc(C(=O)O)c1N. The summed E-state index contributed by atoms with van der Waals surface area (Å²) in [6, 6.07) is 5.95. The maximum atomic E-state index is 12.1. The number of aromatic carboxylic acids is 1. The molecule has 0 aliphatic heterocycles. The van der Waals surface area contributed by atoms with Crippen molar-refractivity contribution in [2.75, 3.05) is 5.73 Å². The Kier molecular flexibility index (Phi) is 7.47. The quantitative estimate of drug-likeness (QED) is 0.552.